The van der Waals surface area contributed by atoms with E-state index in [1.807, 2.05) is 0 Å². The highest BCUT2D eigenvalue weighted by Crippen LogP contribution is 2.28. The topological polar surface area (TPSA) is 108 Å². The smallest absolute Gasteiger partial charge is 0.343 e. The quantitative estimate of drug-likeness (QED) is 0.199. The van der Waals surface area contributed by atoms with Gasteiger partial charge in [0.1, 0.15) is 0 Å². The van der Waals surface area contributed by atoms with E-state index in [9.17, 15) is 19.7 Å². The van der Waals surface area contributed by atoms with Crippen molar-refractivity contribution in [3.8, 4) is 5.75 Å². The predicted molar refractivity (Wildman–Crippen MR) is 110 cm³/mol. The van der Waals surface area contributed by atoms with E-state index in [1.165, 1.54) is 25.5 Å². The molecule has 8 heteroatoms. The molecule has 0 aliphatic rings. The number of carbonyl (C=O) groups excluding carboxylic acids is 2. The van der Waals surface area contributed by atoms with Gasteiger partial charge in [0.05, 0.1) is 28.8 Å². The largest absolute Gasteiger partial charge is 0.465 e. The number of nitrogens with zero attached hydrogens (tertiary/aromatic N) is 2. The number of nitro benzene ring substituents is 1. The van der Waals surface area contributed by atoms with Crippen LogP contribution in [0.15, 0.2) is 77.8 Å². The van der Waals surface area contributed by atoms with Gasteiger partial charge in [-0.25, -0.2) is 9.59 Å². The number of carbonyl (C=O) groups is 2. The van der Waals surface area contributed by atoms with Crippen molar-refractivity contribution in [2.24, 2.45) is 4.99 Å². The highest BCUT2D eigenvalue weighted by Gasteiger charge is 2.19. The van der Waals surface area contributed by atoms with E-state index in [0.29, 0.717) is 16.8 Å². The molecule has 0 unspecified atom stereocenters. The lowest BCUT2D eigenvalue weighted by Gasteiger charge is -2.06. The van der Waals surface area contributed by atoms with Gasteiger partial charge in [-0.15, -0.1) is 0 Å². The highest BCUT2D eigenvalue weighted by molar-refractivity contribution is 5.92. The number of methoxy groups -OCH3 is 1. The molecule has 0 saturated carbocycles. The summed E-state index contributed by atoms with van der Waals surface area (Å²) >= 11 is 0. The summed E-state index contributed by atoms with van der Waals surface area (Å²) in [6, 6.07) is 18.7. The lowest BCUT2D eigenvalue weighted by Crippen LogP contribution is -2.09. The van der Waals surface area contributed by atoms with E-state index >= 15 is 0 Å². The second-order valence-electron chi connectivity index (χ2n) is 6.04. The number of esters is 2. The van der Waals surface area contributed by atoms with Crippen LogP contribution in [0.2, 0.25) is 0 Å². The van der Waals surface area contributed by atoms with Crippen molar-refractivity contribution < 1.29 is 24.0 Å². The fraction of sp³-hybridized carbons (Fsp3) is 0.0455. The Balaban J connectivity index is 1.79. The molecule has 0 spiro atoms. The summed E-state index contributed by atoms with van der Waals surface area (Å²) in [5.74, 6) is -1.30. The first kappa shape index (κ1) is 20.4. The van der Waals surface area contributed by atoms with Gasteiger partial charge in [0.2, 0.25) is 5.75 Å². The molecule has 0 bridgehead atoms. The zero-order valence-electron chi connectivity index (χ0n) is 15.8. The van der Waals surface area contributed by atoms with E-state index < -0.39 is 16.9 Å². The molecule has 0 aliphatic carbocycles. The van der Waals surface area contributed by atoms with Gasteiger partial charge < -0.3 is 9.47 Å². The van der Waals surface area contributed by atoms with Crippen molar-refractivity contribution in [1.82, 2.24) is 0 Å². The second kappa shape index (κ2) is 9.24. The van der Waals surface area contributed by atoms with Crippen LogP contribution in [-0.2, 0) is 4.74 Å². The molecular weight excluding hydrogens is 388 g/mol. The van der Waals surface area contributed by atoms with Gasteiger partial charge in [0.15, 0.2) is 0 Å². The molecule has 30 heavy (non-hydrogen) atoms. The van der Waals surface area contributed by atoms with Gasteiger partial charge in [-0.05, 0) is 54.1 Å². The monoisotopic (exact) mass is 404 g/mol. The van der Waals surface area contributed by atoms with E-state index in [2.05, 4.69) is 9.73 Å². The van der Waals surface area contributed by atoms with Crippen LogP contribution in [0, 0.1) is 10.1 Å². The second-order valence-corrected chi connectivity index (χ2v) is 6.04. The van der Waals surface area contributed by atoms with Crippen molar-refractivity contribution in [3.63, 3.8) is 0 Å². The maximum atomic E-state index is 12.2. The fourth-order valence-corrected chi connectivity index (χ4v) is 2.53. The molecule has 0 fully saturated rings. The van der Waals surface area contributed by atoms with Crippen LogP contribution >= 0.6 is 0 Å². The number of hydrogen-bond acceptors (Lipinski definition) is 7. The average molecular weight is 404 g/mol. The first-order valence-electron chi connectivity index (χ1n) is 8.76. The molecule has 3 rings (SSSR count). The zero-order chi connectivity index (χ0) is 21.5. The maximum Gasteiger partial charge on any atom is 0.343 e. The van der Waals surface area contributed by atoms with Crippen LogP contribution in [0.25, 0.3) is 0 Å². The van der Waals surface area contributed by atoms with Gasteiger partial charge in [-0.1, -0.05) is 18.2 Å². The molecule has 150 valence electrons. The molecule has 3 aromatic rings. The summed E-state index contributed by atoms with van der Waals surface area (Å²) in [6.07, 6.45) is 1.43. The number of rotatable bonds is 6. The standard InChI is InChI=1S/C22H16N2O6/c1-29-21(25)17-8-10-18(11-9-17)23-14-15-7-12-20(19(13-15)24(27)28)30-22(26)16-5-3-2-4-6-16/h2-14H,1H3. The Morgan fingerprint density at radius 3 is 2.23 bits per heavy atom. The van der Waals surface area contributed by atoms with Crippen molar-refractivity contribution in [2.75, 3.05) is 7.11 Å². The molecule has 8 nitrogen and oxygen atoms in total. The van der Waals surface area contributed by atoms with Gasteiger partial charge >= 0.3 is 17.6 Å². The lowest BCUT2D eigenvalue weighted by molar-refractivity contribution is -0.385. The normalized spacial score (nSPS) is 10.6. The molecule has 0 aliphatic heterocycles. The van der Waals surface area contributed by atoms with Crippen molar-refractivity contribution in [1.29, 1.82) is 0 Å². The van der Waals surface area contributed by atoms with E-state index in [1.54, 1.807) is 60.7 Å². The number of benzene rings is 3. The molecule has 0 heterocycles. The summed E-state index contributed by atoms with van der Waals surface area (Å²) in [7, 11) is 1.29. The number of aliphatic imine (C=N–C) groups is 1. The molecule has 0 amide bonds. The predicted octanol–water partition coefficient (Wildman–Crippen LogP) is 4.35. The van der Waals surface area contributed by atoms with Crippen LogP contribution in [-0.4, -0.2) is 30.2 Å². The Labute approximate surface area is 171 Å². The third-order valence-corrected chi connectivity index (χ3v) is 4.04. The fourth-order valence-electron chi connectivity index (χ4n) is 2.53. The van der Waals surface area contributed by atoms with Crippen LogP contribution in [0.4, 0.5) is 11.4 Å². The lowest BCUT2D eigenvalue weighted by atomic mass is 10.2. The van der Waals surface area contributed by atoms with Gasteiger partial charge in [-0.3, -0.25) is 15.1 Å². The van der Waals surface area contributed by atoms with Crippen molar-refractivity contribution >= 4 is 29.5 Å². The summed E-state index contributed by atoms with van der Waals surface area (Å²) in [5.41, 5.74) is 1.30. The molecule has 0 N–H and O–H groups in total. The summed E-state index contributed by atoms with van der Waals surface area (Å²) < 4.78 is 9.82. The Bertz CT molecular complexity index is 1110. The van der Waals surface area contributed by atoms with Crippen LogP contribution in [0.3, 0.4) is 0 Å². The van der Waals surface area contributed by atoms with Crippen LogP contribution < -0.4 is 4.74 Å². The summed E-state index contributed by atoms with van der Waals surface area (Å²) in [5, 5.41) is 11.4. The minimum Gasteiger partial charge on any atom is -0.465 e. The van der Waals surface area contributed by atoms with E-state index in [0.717, 1.165) is 0 Å². The third-order valence-electron chi connectivity index (χ3n) is 4.04. The molecule has 0 radical (unpaired) electrons. The molecule has 3 aromatic carbocycles. The van der Waals surface area contributed by atoms with Gasteiger partial charge in [-0.2, -0.15) is 0 Å². The first-order valence-corrected chi connectivity index (χ1v) is 8.76. The first-order chi connectivity index (χ1) is 14.5. The molecule has 0 saturated heterocycles. The number of nitro groups is 1. The average Bonchev–Trinajstić information content (AvgIpc) is 2.78. The molecule has 0 aromatic heterocycles. The Kier molecular flexibility index (Phi) is 6.29. The minimum atomic E-state index is -0.689. The van der Waals surface area contributed by atoms with E-state index in [4.69, 9.17) is 4.74 Å². The summed E-state index contributed by atoms with van der Waals surface area (Å²) in [6.45, 7) is 0. The van der Waals surface area contributed by atoms with Crippen LogP contribution in [0.5, 0.6) is 5.75 Å². The van der Waals surface area contributed by atoms with Gasteiger partial charge in [0, 0.05) is 12.3 Å². The number of ether oxygens (including phenoxy) is 2. The SMILES string of the molecule is COC(=O)c1ccc(N=Cc2ccc(OC(=O)c3ccccc3)c([N+](=O)[O-])c2)cc1. The Morgan fingerprint density at radius 2 is 1.60 bits per heavy atom. The van der Waals surface area contributed by atoms with Gasteiger partial charge in [0.25, 0.3) is 0 Å². The maximum absolute atomic E-state index is 12.2. The van der Waals surface area contributed by atoms with Crippen LogP contribution in [0.1, 0.15) is 26.3 Å². The van der Waals surface area contributed by atoms with E-state index in [-0.39, 0.29) is 17.0 Å². The Hall–Kier alpha value is -4.33. The molecule has 0 atom stereocenters. The zero-order valence-corrected chi connectivity index (χ0v) is 15.8. The minimum absolute atomic E-state index is 0.159. The third kappa shape index (κ3) is 4.93. The number of hydrogen-bond donors (Lipinski definition) is 0. The molecular formula is C22H16N2O6. The van der Waals surface area contributed by atoms with Crippen molar-refractivity contribution in [2.45, 2.75) is 0 Å². The van der Waals surface area contributed by atoms with Crippen molar-refractivity contribution in [3.05, 3.63) is 99.6 Å². The summed E-state index contributed by atoms with van der Waals surface area (Å²) in [4.78, 5) is 38.6. The highest BCUT2D eigenvalue weighted by atomic mass is 16.6. The Morgan fingerprint density at radius 1 is 0.933 bits per heavy atom.